The van der Waals surface area contributed by atoms with E-state index in [1.165, 1.54) is 12.5 Å². The van der Waals surface area contributed by atoms with Crippen LogP contribution in [0.1, 0.15) is 0 Å². The minimum absolute atomic E-state index is 0.0564. The van der Waals surface area contributed by atoms with Crippen molar-refractivity contribution in [3.05, 3.63) is 21.5 Å². The highest BCUT2D eigenvalue weighted by atomic mass is 35.5. The van der Waals surface area contributed by atoms with Gasteiger partial charge in [0.25, 0.3) is 0 Å². The molecule has 0 saturated heterocycles. The zero-order chi connectivity index (χ0) is 9.40. The van der Waals surface area contributed by atoms with Crippen molar-refractivity contribution in [2.45, 2.75) is 0 Å². The van der Waals surface area contributed by atoms with E-state index in [0.29, 0.717) is 13.2 Å². The third kappa shape index (κ3) is 10.2. The molecule has 0 aliphatic heterocycles. The molecule has 0 N–H and O–H groups in total. The molecule has 12 heavy (non-hydrogen) atoms. The van der Waals surface area contributed by atoms with Gasteiger partial charge in [-0.15, -0.1) is 0 Å². The normalized spacial score (nSPS) is 8.67. The first-order valence-electron chi connectivity index (χ1n) is 2.88. The van der Waals surface area contributed by atoms with Gasteiger partial charge >= 0.3 is 0 Å². The quantitative estimate of drug-likeness (QED) is 0.550. The first kappa shape index (κ1) is 12.2. The van der Waals surface area contributed by atoms with E-state index in [2.05, 4.69) is 0 Å². The lowest BCUT2D eigenvalue weighted by atomic mass is 10.8. The molecule has 0 aliphatic carbocycles. The van der Waals surface area contributed by atoms with Gasteiger partial charge in [0.05, 0.1) is 0 Å². The van der Waals surface area contributed by atoms with Crippen LogP contribution in [0.15, 0.2) is 21.5 Å². The lowest BCUT2D eigenvalue weighted by molar-refractivity contribution is 0.149. The van der Waals surface area contributed by atoms with Crippen molar-refractivity contribution < 1.29 is 9.47 Å². The second-order valence-electron chi connectivity index (χ2n) is 1.56. The molecule has 0 atom stereocenters. The Labute approximate surface area is 90.6 Å². The molecule has 0 saturated carbocycles. The van der Waals surface area contributed by atoms with Gasteiger partial charge in [0.1, 0.15) is 34.7 Å². The van der Waals surface area contributed by atoms with E-state index >= 15 is 0 Å². The molecular formula is C6H6Cl4O2. The minimum atomic E-state index is 0.0564. The average Bonchev–Trinajstić information content (AvgIpc) is 1.95. The van der Waals surface area contributed by atoms with Crippen molar-refractivity contribution in [3.63, 3.8) is 0 Å². The fraction of sp³-hybridized carbons (Fsp3) is 0.333. The summed E-state index contributed by atoms with van der Waals surface area (Å²) in [7, 11) is 0. The van der Waals surface area contributed by atoms with Crippen LogP contribution in [0, 0.1) is 0 Å². The van der Waals surface area contributed by atoms with Gasteiger partial charge in [-0.3, -0.25) is 0 Å². The van der Waals surface area contributed by atoms with Crippen LogP contribution in [0.5, 0.6) is 0 Å². The third-order valence-corrected chi connectivity index (χ3v) is 1.02. The summed E-state index contributed by atoms with van der Waals surface area (Å²) in [5.41, 5.74) is 0. The summed E-state index contributed by atoms with van der Waals surface area (Å²) in [6.45, 7) is 0.640. The molecule has 0 aromatic carbocycles. The van der Waals surface area contributed by atoms with Gasteiger partial charge in [0.2, 0.25) is 0 Å². The van der Waals surface area contributed by atoms with Crippen molar-refractivity contribution in [1.82, 2.24) is 0 Å². The van der Waals surface area contributed by atoms with Crippen LogP contribution in [0.25, 0.3) is 0 Å². The first-order chi connectivity index (χ1) is 5.63. The molecule has 0 unspecified atom stereocenters. The van der Waals surface area contributed by atoms with Gasteiger partial charge in [-0.1, -0.05) is 46.4 Å². The third-order valence-electron chi connectivity index (χ3n) is 0.664. The molecule has 0 bridgehead atoms. The predicted octanol–water partition coefficient (Wildman–Crippen LogP) is 3.57. The summed E-state index contributed by atoms with van der Waals surface area (Å²) >= 11 is 21.0. The highest BCUT2D eigenvalue weighted by Gasteiger charge is 1.87. The molecule has 0 rings (SSSR count). The Bertz CT molecular complexity index is 150. The van der Waals surface area contributed by atoms with Gasteiger partial charge in [0.15, 0.2) is 0 Å². The Morgan fingerprint density at radius 3 is 1.42 bits per heavy atom. The second kappa shape index (κ2) is 7.87. The number of rotatable bonds is 5. The maximum absolute atomic E-state index is 5.25. The van der Waals surface area contributed by atoms with E-state index in [1.807, 2.05) is 0 Å². The Morgan fingerprint density at radius 1 is 0.833 bits per heavy atom. The van der Waals surface area contributed by atoms with Crippen molar-refractivity contribution in [2.75, 3.05) is 13.2 Å². The molecule has 2 nitrogen and oxygen atoms in total. The lowest BCUT2D eigenvalue weighted by Gasteiger charge is -1.99. The molecule has 0 aromatic rings. The van der Waals surface area contributed by atoms with Crippen LogP contribution in [0.4, 0.5) is 0 Å². The number of halogens is 4. The van der Waals surface area contributed by atoms with Gasteiger partial charge in [0, 0.05) is 0 Å². The molecule has 0 aliphatic rings. The summed E-state index contributed by atoms with van der Waals surface area (Å²) in [5.74, 6) is 0. The average molecular weight is 252 g/mol. The zero-order valence-corrected chi connectivity index (χ0v) is 8.92. The van der Waals surface area contributed by atoms with Gasteiger partial charge in [-0.05, 0) is 0 Å². The van der Waals surface area contributed by atoms with E-state index in [0.717, 1.165) is 0 Å². The molecule has 0 spiro atoms. The SMILES string of the molecule is ClC(Cl)=COCCOC=C(Cl)Cl. The number of ether oxygens (including phenoxy) is 2. The summed E-state index contributed by atoms with van der Waals surface area (Å²) < 4.78 is 9.73. The monoisotopic (exact) mass is 250 g/mol. The second-order valence-corrected chi connectivity index (χ2v) is 3.57. The smallest absolute Gasteiger partial charge is 0.141 e. The van der Waals surface area contributed by atoms with Crippen LogP contribution in [-0.4, -0.2) is 13.2 Å². The Hall–Kier alpha value is 0.240. The maximum Gasteiger partial charge on any atom is 0.141 e. The van der Waals surface area contributed by atoms with E-state index in [9.17, 15) is 0 Å². The van der Waals surface area contributed by atoms with E-state index in [1.54, 1.807) is 0 Å². The Kier molecular flexibility index (Phi) is 8.02. The molecule has 0 aromatic heterocycles. The molecule has 0 heterocycles. The highest BCUT2D eigenvalue weighted by Crippen LogP contribution is 2.06. The molecule has 0 fully saturated rings. The Morgan fingerprint density at radius 2 is 1.17 bits per heavy atom. The minimum Gasteiger partial charge on any atom is -0.495 e. The zero-order valence-electron chi connectivity index (χ0n) is 5.90. The largest absolute Gasteiger partial charge is 0.495 e. The van der Waals surface area contributed by atoms with Crippen LogP contribution >= 0.6 is 46.4 Å². The van der Waals surface area contributed by atoms with Crippen LogP contribution in [-0.2, 0) is 9.47 Å². The fourth-order valence-electron chi connectivity index (χ4n) is 0.340. The van der Waals surface area contributed by atoms with Crippen molar-refractivity contribution in [2.24, 2.45) is 0 Å². The van der Waals surface area contributed by atoms with Gasteiger partial charge in [-0.2, -0.15) is 0 Å². The Balaban J connectivity index is 3.23. The van der Waals surface area contributed by atoms with E-state index in [-0.39, 0.29) is 8.98 Å². The van der Waals surface area contributed by atoms with Crippen LogP contribution in [0.2, 0.25) is 0 Å². The van der Waals surface area contributed by atoms with Gasteiger partial charge in [-0.25, -0.2) is 0 Å². The molecule has 6 heteroatoms. The molecule has 70 valence electrons. The highest BCUT2D eigenvalue weighted by molar-refractivity contribution is 6.56. The van der Waals surface area contributed by atoms with E-state index in [4.69, 9.17) is 55.9 Å². The maximum atomic E-state index is 5.25. The molecular weight excluding hydrogens is 246 g/mol. The molecule has 0 amide bonds. The first-order valence-corrected chi connectivity index (χ1v) is 4.39. The summed E-state index contributed by atoms with van der Waals surface area (Å²) in [6.07, 6.45) is 2.41. The van der Waals surface area contributed by atoms with Gasteiger partial charge < -0.3 is 9.47 Å². The topological polar surface area (TPSA) is 18.5 Å². The van der Waals surface area contributed by atoms with Crippen molar-refractivity contribution in [3.8, 4) is 0 Å². The standard InChI is InChI=1S/C6H6Cl4O2/c7-5(8)3-11-1-2-12-4-6(9)10/h3-4H,1-2H2. The summed E-state index contributed by atoms with van der Waals surface area (Å²) in [6, 6.07) is 0. The number of hydrogen-bond donors (Lipinski definition) is 0. The fourth-order valence-corrected chi connectivity index (χ4v) is 0.592. The van der Waals surface area contributed by atoms with E-state index < -0.39 is 0 Å². The summed E-state index contributed by atoms with van der Waals surface area (Å²) in [5, 5.41) is 0. The molecule has 0 radical (unpaired) electrons. The predicted molar refractivity (Wildman–Crippen MR) is 51.5 cm³/mol. The van der Waals surface area contributed by atoms with Crippen LogP contribution in [0.3, 0.4) is 0 Å². The van der Waals surface area contributed by atoms with Crippen molar-refractivity contribution in [1.29, 1.82) is 0 Å². The van der Waals surface area contributed by atoms with Crippen molar-refractivity contribution >= 4 is 46.4 Å². The van der Waals surface area contributed by atoms with Crippen LogP contribution < -0.4 is 0 Å². The number of hydrogen-bond acceptors (Lipinski definition) is 2. The summed E-state index contributed by atoms with van der Waals surface area (Å²) in [4.78, 5) is 0. The lowest BCUT2D eigenvalue weighted by Crippen LogP contribution is -1.96.